The molecule has 0 saturated carbocycles. The number of nitrogens with one attached hydrogen (secondary N) is 1. The number of carbonyl (C=O) groups is 2. The van der Waals surface area contributed by atoms with Gasteiger partial charge in [0, 0.05) is 38.3 Å². The van der Waals surface area contributed by atoms with E-state index < -0.39 is 24.1 Å². The Morgan fingerprint density at radius 2 is 2.24 bits per heavy atom. The van der Waals surface area contributed by atoms with E-state index in [9.17, 15) is 14.7 Å². The van der Waals surface area contributed by atoms with Gasteiger partial charge < -0.3 is 20.4 Å². The quantitative estimate of drug-likeness (QED) is 0.708. The van der Waals surface area contributed by atoms with Crippen LogP contribution in [-0.2, 0) is 24.8 Å². The lowest BCUT2D eigenvalue weighted by atomic mass is 10.2. The number of aliphatic hydroxyl groups is 1. The molecular formula is C13H20N4O4. The molecule has 1 aromatic heterocycles. The second kappa shape index (κ2) is 6.13. The van der Waals surface area contributed by atoms with E-state index in [4.69, 9.17) is 5.11 Å². The normalized spacial score (nSPS) is 21.6. The van der Waals surface area contributed by atoms with E-state index in [1.807, 2.05) is 20.2 Å². The smallest absolute Gasteiger partial charge is 0.326 e. The highest BCUT2D eigenvalue weighted by Gasteiger charge is 2.38. The van der Waals surface area contributed by atoms with Crippen LogP contribution in [0.2, 0.25) is 0 Å². The lowest BCUT2D eigenvalue weighted by Gasteiger charge is -2.21. The Bertz CT molecular complexity index is 542. The molecule has 8 nitrogen and oxygen atoms in total. The molecule has 1 aliphatic rings. The molecule has 2 amide bonds. The van der Waals surface area contributed by atoms with Crippen LogP contribution < -0.4 is 5.32 Å². The van der Waals surface area contributed by atoms with Gasteiger partial charge >= 0.3 is 12.0 Å². The molecule has 8 heteroatoms. The first-order valence-electron chi connectivity index (χ1n) is 6.89. The van der Waals surface area contributed by atoms with Crippen LogP contribution in [0.15, 0.2) is 6.20 Å². The van der Waals surface area contributed by atoms with E-state index in [-0.39, 0.29) is 19.5 Å². The van der Waals surface area contributed by atoms with Gasteiger partial charge in [0.25, 0.3) is 0 Å². The number of β-amino-alcohol motifs (C(OH)–C–C–N with tert-alkyl or cyclic N) is 1. The molecule has 116 valence electrons. The summed E-state index contributed by atoms with van der Waals surface area (Å²) in [5, 5.41) is 25.6. The second-order valence-electron chi connectivity index (χ2n) is 5.18. The van der Waals surface area contributed by atoms with Crippen LogP contribution >= 0.6 is 0 Å². The zero-order valence-electron chi connectivity index (χ0n) is 12.1. The van der Waals surface area contributed by atoms with E-state index >= 15 is 0 Å². The van der Waals surface area contributed by atoms with Crippen LogP contribution in [0.3, 0.4) is 0 Å². The number of nitrogens with zero attached hydrogens (tertiary/aromatic N) is 3. The third-order valence-electron chi connectivity index (χ3n) is 3.58. The number of amides is 2. The van der Waals surface area contributed by atoms with Gasteiger partial charge in [-0.3, -0.25) is 4.68 Å². The van der Waals surface area contributed by atoms with E-state index in [1.54, 1.807) is 4.68 Å². The number of likely N-dealkylation sites (tertiary alicyclic amines) is 1. The van der Waals surface area contributed by atoms with Gasteiger partial charge in [-0.25, -0.2) is 9.59 Å². The van der Waals surface area contributed by atoms with Crippen molar-refractivity contribution in [2.75, 3.05) is 6.54 Å². The minimum Gasteiger partial charge on any atom is -0.480 e. The molecule has 2 atom stereocenters. The molecular weight excluding hydrogens is 276 g/mol. The lowest BCUT2D eigenvalue weighted by Crippen LogP contribution is -2.46. The molecule has 0 aliphatic carbocycles. The molecule has 1 saturated heterocycles. The van der Waals surface area contributed by atoms with Crippen molar-refractivity contribution in [3.8, 4) is 0 Å². The fourth-order valence-corrected chi connectivity index (χ4v) is 2.57. The first-order valence-corrected chi connectivity index (χ1v) is 6.89. The van der Waals surface area contributed by atoms with Crippen molar-refractivity contribution in [1.29, 1.82) is 0 Å². The highest BCUT2D eigenvalue weighted by atomic mass is 16.4. The molecule has 0 radical (unpaired) electrons. The van der Waals surface area contributed by atoms with Gasteiger partial charge in [-0.1, -0.05) is 6.92 Å². The Morgan fingerprint density at radius 3 is 2.86 bits per heavy atom. The maximum Gasteiger partial charge on any atom is 0.326 e. The molecule has 3 N–H and O–H groups in total. The average Bonchev–Trinajstić information content (AvgIpc) is 2.98. The molecule has 1 aliphatic heterocycles. The van der Waals surface area contributed by atoms with Gasteiger partial charge in [0.2, 0.25) is 0 Å². The van der Waals surface area contributed by atoms with Crippen molar-refractivity contribution < 1.29 is 19.8 Å². The van der Waals surface area contributed by atoms with Crippen molar-refractivity contribution in [2.24, 2.45) is 7.05 Å². The third kappa shape index (κ3) is 3.33. The van der Waals surface area contributed by atoms with E-state index in [0.29, 0.717) is 0 Å². The summed E-state index contributed by atoms with van der Waals surface area (Å²) in [6.45, 7) is 2.30. The van der Waals surface area contributed by atoms with Gasteiger partial charge in [-0.2, -0.15) is 5.10 Å². The summed E-state index contributed by atoms with van der Waals surface area (Å²) in [6.07, 6.45) is 1.86. The molecule has 1 aromatic rings. The minimum atomic E-state index is -1.10. The van der Waals surface area contributed by atoms with Gasteiger partial charge in [0.05, 0.1) is 11.8 Å². The van der Waals surface area contributed by atoms with Gasteiger partial charge in [-0.15, -0.1) is 0 Å². The maximum absolute atomic E-state index is 12.1. The number of urea groups is 1. The lowest BCUT2D eigenvalue weighted by molar-refractivity contribution is -0.141. The molecule has 21 heavy (non-hydrogen) atoms. The standard InChI is InChI=1S/C13H20N4O4/c1-3-10-8(6-16(2)15-10)5-14-13(21)17-7-9(18)4-11(17)12(19)20/h6,9,11,18H,3-5,7H2,1-2H3,(H,14,21)(H,19,20)/t9?,11-/m0/s1. The first kappa shape index (κ1) is 15.3. The number of carboxylic acid groups (broad SMARTS) is 1. The van der Waals surface area contributed by atoms with Crippen molar-refractivity contribution in [3.63, 3.8) is 0 Å². The summed E-state index contributed by atoms with van der Waals surface area (Å²) >= 11 is 0. The third-order valence-corrected chi connectivity index (χ3v) is 3.58. The fourth-order valence-electron chi connectivity index (χ4n) is 2.57. The average molecular weight is 296 g/mol. The molecule has 0 bridgehead atoms. The number of aliphatic hydroxyl groups excluding tert-OH is 1. The molecule has 2 heterocycles. The highest BCUT2D eigenvalue weighted by Crippen LogP contribution is 2.18. The van der Waals surface area contributed by atoms with Crippen LogP contribution in [0.25, 0.3) is 0 Å². The summed E-state index contributed by atoms with van der Waals surface area (Å²) in [7, 11) is 1.81. The summed E-state index contributed by atoms with van der Waals surface area (Å²) < 4.78 is 1.68. The van der Waals surface area contributed by atoms with Gasteiger partial charge in [0.15, 0.2) is 0 Å². The number of hydrogen-bond acceptors (Lipinski definition) is 4. The number of aryl methyl sites for hydroxylation is 2. The van der Waals surface area contributed by atoms with Crippen molar-refractivity contribution in [3.05, 3.63) is 17.5 Å². The Labute approximate surface area is 122 Å². The summed E-state index contributed by atoms with van der Waals surface area (Å²) in [6, 6.07) is -1.45. The first-order chi connectivity index (χ1) is 9.92. The van der Waals surface area contributed by atoms with Gasteiger partial charge in [0.1, 0.15) is 6.04 Å². The number of carboxylic acids is 1. The second-order valence-corrected chi connectivity index (χ2v) is 5.18. The largest absolute Gasteiger partial charge is 0.480 e. The topological polar surface area (TPSA) is 108 Å². The number of rotatable bonds is 4. The van der Waals surface area contributed by atoms with Crippen LogP contribution in [0.1, 0.15) is 24.6 Å². The number of aromatic nitrogens is 2. The summed E-state index contributed by atoms with van der Waals surface area (Å²) in [5.74, 6) is -1.10. The van der Waals surface area contributed by atoms with E-state index in [2.05, 4.69) is 10.4 Å². The van der Waals surface area contributed by atoms with Crippen LogP contribution in [-0.4, -0.2) is 55.6 Å². The predicted octanol–water partition coefficient (Wildman–Crippen LogP) is -0.288. The van der Waals surface area contributed by atoms with Gasteiger partial charge in [-0.05, 0) is 6.42 Å². The Morgan fingerprint density at radius 1 is 1.52 bits per heavy atom. The van der Waals surface area contributed by atoms with E-state index in [0.717, 1.165) is 22.6 Å². The summed E-state index contributed by atoms with van der Waals surface area (Å²) in [4.78, 5) is 24.4. The Balaban J connectivity index is 1.99. The predicted molar refractivity (Wildman–Crippen MR) is 73.6 cm³/mol. The van der Waals surface area contributed by atoms with Crippen LogP contribution in [0.5, 0.6) is 0 Å². The molecule has 1 unspecified atom stereocenters. The summed E-state index contributed by atoms with van der Waals surface area (Å²) in [5.41, 5.74) is 1.80. The highest BCUT2D eigenvalue weighted by molar-refractivity contribution is 5.83. The Hall–Kier alpha value is -2.09. The zero-order chi connectivity index (χ0) is 15.6. The molecule has 0 aromatic carbocycles. The maximum atomic E-state index is 12.1. The zero-order valence-corrected chi connectivity index (χ0v) is 12.1. The molecule has 2 rings (SSSR count). The van der Waals surface area contributed by atoms with E-state index in [1.165, 1.54) is 0 Å². The SMILES string of the molecule is CCc1nn(C)cc1CNC(=O)N1CC(O)C[C@H]1C(=O)O. The number of carbonyl (C=O) groups excluding carboxylic acids is 1. The van der Waals surface area contributed by atoms with Crippen molar-refractivity contribution in [2.45, 2.75) is 38.5 Å². The minimum absolute atomic E-state index is 0.0382. The number of hydrogen-bond donors (Lipinski definition) is 3. The molecule has 0 spiro atoms. The van der Waals surface area contributed by atoms with Crippen LogP contribution in [0.4, 0.5) is 4.79 Å². The fraction of sp³-hybridized carbons (Fsp3) is 0.615. The van der Waals surface area contributed by atoms with Crippen molar-refractivity contribution in [1.82, 2.24) is 20.0 Å². The van der Waals surface area contributed by atoms with Crippen molar-refractivity contribution >= 4 is 12.0 Å². The molecule has 1 fully saturated rings. The monoisotopic (exact) mass is 296 g/mol. The van der Waals surface area contributed by atoms with Crippen LogP contribution in [0, 0.1) is 0 Å². The Kier molecular flexibility index (Phi) is 4.46. The number of aliphatic carboxylic acids is 1.